The van der Waals surface area contributed by atoms with Gasteiger partial charge in [0.25, 0.3) is 0 Å². The van der Waals surface area contributed by atoms with Crippen LogP contribution in [0.25, 0.3) is 0 Å². The van der Waals surface area contributed by atoms with Gasteiger partial charge in [0.15, 0.2) is 0 Å². The first-order valence-corrected chi connectivity index (χ1v) is 5.48. The van der Waals surface area contributed by atoms with E-state index in [1.165, 1.54) is 0 Å². The Morgan fingerprint density at radius 3 is 3.06 bits per heavy atom. The third-order valence-corrected chi connectivity index (χ3v) is 3.00. The maximum Gasteiger partial charge on any atom is 0.234 e. The molecule has 16 heavy (non-hydrogen) atoms. The molecule has 1 fully saturated rings. The van der Waals surface area contributed by atoms with Gasteiger partial charge in [0.05, 0.1) is 6.54 Å². The van der Waals surface area contributed by atoms with Gasteiger partial charge < -0.3 is 5.32 Å². The Balaban J connectivity index is 2.10. The summed E-state index contributed by atoms with van der Waals surface area (Å²) in [6.45, 7) is 6.22. The number of piperazine rings is 1. The van der Waals surface area contributed by atoms with E-state index in [1.54, 1.807) is 6.20 Å². The summed E-state index contributed by atoms with van der Waals surface area (Å²) in [7, 11) is 0. The lowest BCUT2D eigenvalue weighted by atomic mass is 9.99. The molecule has 2 rings (SSSR count). The summed E-state index contributed by atoms with van der Waals surface area (Å²) in [4.78, 5) is 17.7. The van der Waals surface area contributed by atoms with E-state index in [9.17, 15) is 4.79 Å². The number of hydrogen-bond donors (Lipinski definition) is 1. The minimum atomic E-state index is 0.00372. The summed E-state index contributed by atoms with van der Waals surface area (Å²) in [5.74, 6) is 0.100. The average molecular weight is 219 g/mol. The maximum absolute atomic E-state index is 11.4. The van der Waals surface area contributed by atoms with E-state index in [1.807, 2.05) is 18.3 Å². The number of rotatable bonds is 2. The fourth-order valence-electron chi connectivity index (χ4n) is 1.85. The predicted octanol–water partition coefficient (Wildman–Crippen LogP) is 0.792. The van der Waals surface area contributed by atoms with Gasteiger partial charge in [-0.05, 0) is 25.5 Å². The summed E-state index contributed by atoms with van der Waals surface area (Å²) in [5.41, 5.74) is 1.15. The molecule has 1 aromatic heterocycles. The Bertz CT molecular complexity index is 375. The van der Waals surface area contributed by atoms with E-state index < -0.39 is 0 Å². The Morgan fingerprint density at radius 2 is 2.38 bits per heavy atom. The zero-order chi connectivity index (χ0) is 11.6. The highest BCUT2D eigenvalue weighted by Crippen LogP contribution is 2.19. The molecule has 0 bridgehead atoms. The first kappa shape index (κ1) is 11.1. The number of nitrogens with one attached hydrogen (secondary N) is 1. The Labute approximate surface area is 95.7 Å². The van der Waals surface area contributed by atoms with Crippen molar-refractivity contribution in [2.24, 2.45) is 0 Å². The molecule has 0 saturated carbocycles. The van der Waals surface area contributed by atoms with Crippen molar-refractivity contribution in [2.45, 2.75) is 25.9 Å². The topological polar surface area (TPSA) is 45.2 Å². The van der Waals surface area contributed by atoms with Crippen molar-refractivity contribution in [3.8, 4) is 0 Å². The van der Waals surface area contributed by atoms with Crippen LogP contribution in [-0.2, 0) is 11.3 Å². The van der Waals surface area contributed by atoms with Crippen molar-refractivity contribution >= 4 is 5.91 Å². The van der Waals surface area contributed by atoms with Crippen LogP contribution in [0.3, 0.4) is 0 Å². The van der Waals surface area contributed by atoms with Crippen molar-refractivity contribution in [1.29, 1.82) is 0 Å². The van der Waals surface area contributed by atoms with E-state index in [-0.39, 0.29) is 11.4 Å². The zero-order valence-corrected chi connectivity index (χ0v) is 9.73. The molecule has 4 nitrogen and oxygen atoms in total. The minimum absolute atomic E-state index is 0.00372. The van der Waals surface area contributed by atoms with Crippen LogP contribution in [0.5, 0.6) is 0 Å². The van der Waals surface area contributed by atoms with Crippen molar-refractivity contribution in [3.05, 3.63) is 30.1 Å². The molecule has 0 unspecified atom stereocenters. The molecule has 0 atom stereocenters. The molecule has 1 aliphatic heterocycles. The third-order valence-electron chi connectivity index (χ3n) is 3.00. The maximum atomic E-state index is 11.4. The molecule has 0 aliphatic carbocycles. The largest absolute Gasteiger partial charge is 0.353 e. The summed E-state index contributed by atoms with van der Waals surface area (Å²) in [6, 6.07) is 3.96. The van der Waals surface area contributed by atoms with Crippen LogP contribution >= 0.6 is 0 Å². The first-order chi connectivity index (χ1) is 7.58. The van der Waals surface area contributed by atoms with Crippen LogP contribution in [0.1, 0.15) is 19.4 Å². The molecule has 86 valence electrons. The van der Waals surface area contributed by atoms with Gasteiger partial charge >= 0.3 is 0 Å². The molecular weight excluding hydrogens is 202 g/mol. The van der Waals surface area contributed by atoms with Gasteiger partial charge in [-0.15, -0.1) is 0 Å². The Morgan fingerprint density at radius 1 is 1.56 bits per heavy atom. The average Bonchev–Trinajstić information content (AvgIpc) is 2.26. The van der Waals surface area contributed by atoms with Gasteiger partial charge in [-0.25, -0.2) is 0 Å². The second-order valence-corrected chi connectivity index (χ2v) is 4.81. The lowest BCUT2D eigenvalue weighted by Gasteiger charge is -2.42. The third kappa shape index (κ3) is 2.39. The number of hydrogen-bond acceptors (Lipinski definition) is 3. The van der Waals surface area contributed by atoms with E-state index in [0.29, 0.717) is 13.1 Å². The molecule has 1 saturated heterocycles. The van der Waals surface area contributed by atoms with E-state index in [2.05, 4.69) is 29.0 Å². The highest BCUT2D eigenvalue weighted by molar-refractivity contribution is 5.79. The predicted molar refractivity (Wildman–Crippen MR) is 61.7 cm³/mol. The standard InChI is InChI=1S/C12H17N3O/c1-12(2)9-14-11(16)8-15(12)7-10-4-3-5-13-6-10/h3-6H,7-9H2,1-2H3,(H,14,16). The second kappa shape index (κ2) is 4.22. The van der Waals surface area contributed by atoms with Crippen LogP contribution in [-0.4, -0.2) is 34.4 Å². The molecule has 0 aromatic carbocycles. The molecule has 1 N–H and O–H groups in total. The van der Waals surface area contributed by atoms with Gasteiger partial charge in [-0.1, -0.05) is 6.07 Å². The number of nitrogens with zero attached hydrogens (tertiary/aromatic N) is 2. The Hall–Kier alpha value is -1.42. The summed E-state index contributed by atoms with van der Waals surface area (Å²) in [5, 5.41) is 2.89. The molecule has 0 spiro atoms. The molecular formula is C12H17N3O. The van der Waals surface area contributed by atoms with Gasteiger partial charge in [0.2, 0.25) is 5.91 Å². The minimum Gasteiger partial charge on any atom is -0.353 e. The second-order valence-electron chi connectivity index (χ2n) is 4.81. The zero-order valence-electron chi connectivity index (χ0n) is 9.73. The van der Waals surface area contributed by atoms with Gasteiger partial charge in [0, 0.05) is 31.0 Å². The normalized spacial score (nSPS) is 20.5. The monoisotopic (exact) mass is 219 g/mol. The van der Waals surface area contributed by atoms with Crippen LogP contribution in [0, 0.1) is 0 Å². The SMILES string of the molecule is CC1(C)CNC(=O)CN1Cc1cccnc1. The van der Waals surface area contributed by atoms with Crippen LogP contribution < -0.4 is 5.32 Å². The van der Waals surface area contributed by atoms with Crippen molar-refractivity contribution in [1.82, 2.24) is 15.2 Å². The smallest absolute Gasteiger partial charge is 0.234 e. The number of carbonyl (C=O) groups is 1. The van der Waals surface area contributed by atoms with Gasteiger partial charge in [0.1, 0.15) is 0 Å². The number of pyridine rings is 1. The molecule has 1 amide bonds. The molecule has 2 heterocycles. The van der Waals surface area contributed by atoms with Gasteiger partial charge in [-0.3, -0.25) is 14.7 Å². The van der Waals surface area contributed by atoms with Crippen LogP contribution in [0.4, 0.5) is 0 Å². The molecule has 4 heteroatoms. The highest BCUT2D eigenvalue weighted by atomic mass is 16.2. The summed E-state index contributed by atoms with van der Waals surface area (Å²) < 4.78 is 0. The van der Waals surface area contributed by atoms with Crippen LogP contribution in [0.15, 0.2) is 24.5 Å². The fraction of sp³-hybridized carbons (Fsp3) is 0.500. The van der Waals surface area contributed by atoms with E-state index in [4.69, 9.17) is 0 Å². The number of amides is 1. The van der Waals surface area contributed by atoms with E-state index in [0.717, 1.165) is 12.1 Å². The lowest BCUT2D eigenvalue weighted by Crippen LogP contribution is -2.59. The molecule has 1 aromatic rings. The van der Waals surface area contributed by atoms with Gasteiger partial charge in [-0.2, -0.15) is 0 Å². The van der Waals surface area contributed by atoms with Crippen molar-refractivity contribution in [3.63, 3.8) is 0 Å². The number of aromatic nitrogens is 1. The highest BCUT2D eigenvalue weighted by Gasteiger charge is 2.32. The quantitative estimate of drug-likeness (QED) is 0.800. The van der Waals surface area contributed by atoms with E-state index >= 15 is 0 Å². The molecule has 0 radical (unpaired) electrons. The lowest BCUT2D eigenvalue weighted by molar-refractivity contribution is -0.128. The summed E-state index contributed by atoms with van der Waals surface area (Å²) in [6.07, 6.45) is 3.61. The number of carbonyl (C=O) groups excluding carboxylic acids is 1. The summed E-state index contributed by atoms with van der Waals surface area (Å²) >= 11 is 0. The fourth-order valence-corrected chi connectivity index (χ4v) is 1.85. The Kier molecular flexibility index (Phi) is 2.92. The van der Waals surface area contributed by atoms with Crippen molar-refractivity contribution in [2.75, 3.05) is 13.1 Å². The first-order valence-electron chi connectivity index (χ1n) is 5.48. The van der Waals surface area contributed by atoms with Crippen LogP contribution in [0.2, 0.25) is 0 Å². The van der Waals surface area contributed by atoms with Crippen molar-refractivity contribution < 1.29 is 4.79 Å². The molecule has 1 aliphatic rings.